The maximum absolute atomic E-state index is 12.0. The molecule has 1 N–H and O–H groups in total. The van der Waals surface area contributed by atoms with Crippen molar-refractivity contribution in [2.24, 2.45) is 0 Å². The van der Waals surface area contributed by atoms with Crippen LogP contribution in [0.15, 0.2) is 54.9 Å². The third-order valence-corrected chi connectivity index (χ3v) is 3.21. The Hall–Kier alpha value is -2.69. The van der Waals surface area contributed by atoms with E-state index in [0.29, 0.717) is 13.1 Å². The number of carbonyl (C=O) groups excluding carboxylic acids is 2. The summed E-state index contributed by atoms with van der Waals surface area (Å²) in [6.45, 7) is 2.35. The highest BCUT2D eigenvalue weighted by molar-refractivity contribution is 5.83. The summed E-state index contributed by atoms with van der Waals surface area (Å²) in [5.74, 6) is -0.310. The zero-order chi connectivity index (χ0) is 15.8. The molecule has 0 saturated carbocycles. The van der Waals surface area contributed by atoms with Crippen molar-refractivity contribution in [3.63, 3.8) is 0 Å². The van der Waals surface area contributed by atoms with Gasteiger partial charge in [-0.05, 0) is 17.2 Å². The van der Waals surface area contributed by atoms with Crippen LogP contribution in [-0.4, -0.2) is 28.2 Å². The number of aromatic nitrogens is 1. The van der Waals surface area contributed by atoms with E-state index in [2.05, 4.69) is 10.3 Å². The Morgan fingerprint density at radius 2 is 1.82 bits per heavy atom. The summed E-state index contributed by atoms with van der Waals surface area (Å²) in [7, 11) is 0. The fourth-order valence-electron chi connectivity index (χ4n) is 2.01. The van der Waals surface area contributed by atoms with Gasteiger partial charge in [-0.15, -0.1) is 0 Å². The van der Waals surface area contributed by atoms with Gasteiger partial charge in [-0.1, -0.05) is 36.4 Å². The summed E-state index contributed by atoms with van der Waals surface area (Å²) in [6, 6.07) is 13.3. The SMILES string of the molecule is CC(=O)N(CC(=O)NCc1cccnc1)Cc1ccccc1. The Labute approximate surface area is 130 Å². The number of hydrogen-bond acceptors (Lipinski definition) is 3. The minimum absolute atomic E-state index is 0.0461. The normalized spacial score (nSPS) is 10.0. The topological polar surface area (TPSA) is 62.3 Å². The predicted octanol–water partition coefficient (Wildman–Crippen LogP) is 1.75. The number of nitrogens with zero attached hydrogens (tertiary/aromatic N) is 2. The lowest BCUT2D eigenvalue weighted by Gasteiger charge is -2.20. The zero-order valence-electron chi connectivity index (χ0n) is 12.5. The van der Waals surface area contributed by atoms with Crippen LogP contribution in [-0.2, 0) is 22.7 Å². The molecule has 0 unspecified atom stereocenters. The summed E-state index contributed by atoms with van der Waals surface area (Å²) in [6.07, 6.45) is 3.38. The van der Waals surface area contributed by atoms with E-state index in [1.54, 1.807) is 12.4 Å². The quantitative estimate of drug-likeness (QED) is 0.883. The summed E-state index contributed by atoms with van der Waals surface area (Å²) in [4.78, 5) is 29.2. The molecule has 0 spiro atoms. The van der Waals surface area contributed by atoms with E-state index in [4.69, 9.17) is 0 Å². The maximum Gasteiger partial charge on any atom is 0.239 e. The number of carbonyl (C=O) groups is 2. The third-order valence-electron chi connectivity index (χ3n) is 3.21. The lowest BCUT2D eigenvalue weighted by Crippen LogP contribution is -2.39. The van der Waals surface area contributed by atoms with Crippen LogP contribution in [0.25, 0.3) is 0 Å². The van der Waals surface area contributed by atoms with Gasteiger partial charge in [0, 0.05) is 32.4 Å². The average Bonchev–Trinajstić information content (AvgIpc) is 2.54. The predicted molar refractivity (Wildman–Crippen MR) is 83.6 cm³/mol. The number of benzene rings is 1. The van der Waals surface area contributed by atoms with E-state index in [9.17, 15) is 9.59 Å². The van der Waals surface area contributed by atoms with E-state index in [0.717, 1.165) is 11.1 Å². The van der Waals surface area contributed by atoms with Gasteiger partial charge in [-0.25, -0.2) is 0 Å². The van der Waals surface area contributed by atoms with Gasteiger partial charge in [-0.3, -0.25) is 14.6 Å². The molecule has 1 aromatic carbocycles. The van der Waals surface area contributed by atoms with Gasteiger partial charge in [0.2, 0.25) is 11.8 Å². The first-order valence-corrected chi connectivity index (χ1v) is 7.10. The number of amides is 2. The van der Waals surface area contributed by atoms with E-state index in [-0.39, 0.29) is 18.4 Å². The van der Waals surface area contributed by atoms with Gasteiger partial charge in [-0.2, -0.15) is 0 Å². The molecule has 2 aromatic rings. The van der Waals surface area contributed by atoms with Crippen LogP contribution in [0.4, 0.5) is 0 Å². The smallest absolute Gasteiger partial charge is 0.239 e. The maximum atomic E-state index is 12.0. The van der Waals surface area contributed by atoms with Crippen molar-refractivity contribution in [3.8, 4) is 0 Å². The Bertz CT molecular complexity index is 614. The highest BCUT2D eigenvalue weighted by Gasteiger charge is 2.13. The van der Waals surface area contributed by atoms with Crippen molar-refractivity contribution in [2.45, 2.75) is 20.0 Å². The fraction of sp³-hybridized carbons (Fsp3) is 0.235. The van der Waals surface area contributed by atoms with Gasteiger partial charge < -0.3 is 10.2 Å². The second-order valence-corrected chi connectivity index (χ2v) is 5.00. The van der Waals surface area contributed by atoms with Crippen LogP contribution in [0.1, 0.15) is 18.1 Å². The molecular weight excluding hydrogens is 278 g/mol. The summed E-state index contributed by atoms with van der Waals surface area (Å²) in [5.41, 5.74) is 1.92. The molecule has 114 valence electrons. The lowest BCUT2D eigenvalue weighted by molar-refractivity contribution is -0.135. The number of nitrogens with one attached hydrogen (secondary N) is 1. The zero-order valence-corrected chi connectivity index (χ0v) is 12.5. The van der Waals surface area contributed by atoms with Crippen LogP contribution in [0.2, 0.25) is 0 Å². The van der Waals surface area contributed by atoms with Gasteiger partial charge >= 0.3 is 0 Å². The Morgan fingerprint density at radius 3 is 2.45 bits per heavy atom. The van der Waals surface area contributed by atoms with Crippen LogP contribution in [0.3, 0.4) is 0 Å². The first kappa shape index (κ1) is 15.7. The standard InChI is InChI=1S/C17H19N3O2/c1-14(21)20(12-15-6-3-2-4-7-15)13-17(22)19-11-16-8-5-9-18-10-16/h2-10H,11-13H2,1H3,(H,19,22). The molecule has 0 aliphatic rings. The lowest BCUT2D eigenvalue weighted by atomic mass is 10.2. The molecular formula is C17H19N3O2. The van der Waals surface area contributed by atoms with E-state index < -0.39 is 0 Å². The van der Waals surface area contributed by atoms with Crippen molar-refractivity contribution in [1.82, 2.24) is 15.2 Å². The van der Waals surface area contributed by atoms with Gasteiger partial charge in [0.25, 0.3) is 0 Å². The molecule has 22 heavy (non-hydrogen) atoms. The number of rotatable bonds is 6. The van der Waals surface area contributed by atoms with Gasteiger partial charge in [0.15, 0.2) is 0 Å². The molecule has 0 aliphatic heterocycles. The molecule has 0 fully saturated rings. The van der Waals surface area contributed by atoms with Crippen LogP contribution in [0, 0.1) is 0 Å². The van der Waals surface area contributed by atoms with Crippen molar-refractivity contribution in [1.29, 1.82) is 0 Å². The van der Waals surface area contributed by atoms with Crippen LogP contribution >= 0.6 is 0 Å². The van der Waals surface area contributed by atoms with E-state index >= 15 is 0 Å². The van der Waals surface area contributed by atoms with Crippen molar-refractivity contribution in [3.05, 3.63) is 66.0 Å². The molecule has 1 aromatic heterocycles. The first-order chi connectivity index (χ1) is 10.6. The fourth-order valence-corrected chi connectivity index (χ4v) is 2.01. The van der Waals surface area contributed by atoms with Crippen molar-refractivity contribution in [2.75, 3.05) is 6.54 Å². The Balaban J connectivity index is 1.88. The van der Waals surface area contributed by atoms with Gasteiger partial charge in [0.05, 0.1) is 6.54 Å². The van der Waals surface area contributed by atoms with Crippen molar-refractivity contribution < 1.29 is 9.59 Å². The van der Waals surface area contributed by atoms with Gasteiger partial charge in [0.1, 0.15) is 0 Å². The van der Waals surface area contributed by atoms with Crippen LogP contribution in [0.5, 0.6) is 0 Å². The molecule has 0 aliphatic carbocycles. The van der Waals surface area contributed by atoms with Crippen LogP contribution < -0.4 is 5.32 Å². The largest absolute Gasteiger partial charge is 0.350 e. The molecule has 2 rings (SSSR count). The molecule has 0 saturated heterocycles. The second-order valence-electron chi connectivity index (χ2n) is 5.00. The molecule has 5 nitrogen and oxygen atoms in total. The highest BCUT2D eigenvalue weighted by Crippen LogP contribution is 2.04. The minimum atomic E-state index is -0.185. The molecule has 5 heteroatoms. The summed E-state index contributed by atoms with van der Waals surface area (Å²) in [5, 5.41) is 2.80. The molecule has 2 amide bonds. The van der Waals surface area contributed by atoms with E-state index in [1.807, 2.05) is 42.5 Å². The Kier molecular flexibility index (Phi) is 5.65. The molecule has 0 bridgehead atoms. The Morgan fingerprint density at radius 1 is 1.09 bits per heavy atom. The number of hydrogen-bond donors (Lipinski definition) is 1. The highest BCUT2D eigenvalue weighted by atomic mass is 16.2. The second kappa shape index (κ2) is 7.93. The molecule has 0 radical (unpaired) electrons. The summed E-state index contributed by atoms with van der Waals surface area (Å²) >= 11 is 0. The van der Waals surface area contributed by atoms with E-state index in [1.165, 1.54) is 11.8 Å². The molecule has 1 heterocycles. The third kappa shape index (κ3) is 5.01. The average molecular weight is 297 g/mol. The summed E-state index contributed by atoms with van der Waals surface area (Å²) < 4.78 is 0. The molecule has 0 atom stereocenters. The number of pyridine rings is 1. The monoisotopic (exact) mass is 297 g/mol. The van der Waals surface area contributed by atoms with Crippen molar-refractivity contribution >= 4 is 11.8 Å². The minimum Gasteiger partial charge on any atom is -0.350 e. The first-order valence-electron chi connectivity index (χ1n) is 7.10.